The van der Waals surface area contributed by atoms with E-state index < -0.39 is 17.8 Å². The van der Waals surface area contributed by atoms with Crippen molar-refractivity contribution < 1.29 is 27.6 Å². The number of aryl methyl sites for hydroxylation is 1. The van der Waals surface area contributed by atoms with Crippen LogP contribution in [0.25, 0.3) is 33.7 Å². The quantitative estimate of drug-likeness (QED) is 0.484. The van der Waals surface area contributed by atoms with E-state index in [0.29, 0.717) is 11.4 Å². The van der Waals surface area contributed by atoms with Gasteiger partial charge in [-0.3, -0.25) is 9.78 Å². The maximum atomic E-state index is 12.7. The molecule has 0 aliphatic heterocycles. The predicted octanol–water partition coefficient (Wildman–Crippen LogP) is 4.80. The number of carbonyl (C=O) groups is 1. The lowest BCUT2D eigenvalue weighted by atomic mass is 10.0. The Labute approximate surface area is 172 Å². The lowest BCUT2D eigenvalue weighted by Crippen LogP contribution is -2.07. The molecule has 2 N–H and O–H groups in total. The SMILES string of the molecule is O=C(O)CC1CCc2c1[nH]c1ccc(-c3noc(-c4ccc(C(F)(F)F)nc4)n3)cc21. The molecule has 0 bridgehead atoms. The Balaban J connectivity index is 1.46. The monoisotopic (exact) mass is 428 g/mol. The van der Waals surface area contributed by atoms with E-state index in [2.05, 4.69) is 20.1 Å². The lowest BCUT2D eigenvalue weighted by Gasteiger charge is -2.05. The highest BCUT2D eigenvalue weighted by molar-refractivity contribution is 5.89. The van der Waals surface area contributed by atoms with Gasteiger partial charge in [0.25, 0.3) is 5.89 Å². The van der Waals surface area contributed by atoms with Gasteiger partial charge in [-0.05, 0) is 48.7 Å². The molecule has 4 aromatic rings. The number of carboxylic acids is 1. The highest BCUT2D eigenvalue weighted by atomic mass is 19.4. The van der Waals surface area contributed by atoms with E-state index in [0.717, 1.165) is 47.3 Å². The molecule has 0 fully saturated rings. The van der Waals surface area contributed by atoms with Crippen LogP contribution >= 0.6 is 0 Å². The summed E-state index contributed by atoms with van der Waals surface area (Å²) in [5, 5.41) is 14.0. The number of nitrogens with zero attached hydrogens (tertiary/aromatic N) is 3. The Bertz CT molecular complexity index is 1290. The van der Waals surface area contributed by atoms with Crippen molar-refractivity contribution in [2.45, 2.75) is 31.4 Å². The van der Waals surface area contributed by atoms with Gasteiger partial charge in [0.05, 0.1) is 12.0 Å². The number of alkyl halides is 3. The van der Waals surface area contributed by atoms with Gasteiger partial charge in [0.1, 0.15) is 5.69 Å². The zero-order valence-electron chi connectivity index (χ0n) is 15.9. The second-order valence-electron chi connectivity index (χ2n) is 7.46. The van der Waals surface area contributed by atoms with E-state index >= 15 is 0 Å². The molecule has 31 heavy (non-hydrogen) atoms. The molecule has 1 aliphatic rings. The summed E-state index contributed by atoms with van der Waals surface area (Å²) in [5.41, 5.74) is 2.93. The molecular weight excluding hydrogens is 413 g/mol. The van der Waals surface area contributed by atoms with Crippen molar-refractivity contribution in [3.63, 3.8) is 0 Å². The van der Waals surface area contributed by atoms with E-state index in [1.54, 1.807) is 6.07 Å². The molecule has 158 valence electrons. The number of rotatable bonds is 4. The third kappa shape index (κ3) is 3.43. The molecule has 10 heteroatoms. The smallest absolute Gasteiger partial charge is 0.433 e. The zero-order valence-corrected chi connectivity index (χ0v) is 15.9. The third-order valence-electron chi connectivity index (χ3n) is 5.50. The van der Waals surface area contributed by atoms with E-state index in [4.69, 9.17) is 9.63 Å². The van der Waals surface area contributed by atoms with Crippen molar-refractivity contribution in [1.29, 1.82) is 0 Å². The third-order valence-corrected chi connectivity index (χ3v) is 5.50. The summed E-state index contributed by atoms with van der Waals surface area (Å²) in [7, 11) is 0. The number of H-pyrrole nitrogens is 1. The molecule has 1 unspecified atom stereocenters. The Morgan fingerprint density at radius 2 is 2.03 bits per heavy atom. The number of hydrogen-bond acceptors (Lipinski definition) is 5. The molecule has 0 amide bonds. The van der Waals surface area contributed by atoms with Gasteiger partial charge < -0.3 is 14.6 Å². The molecule has 0 saturated heterocycles. The maximum absolute atomic E-state index is 12.7. The Morgan fingerprint density at radius 1 is 1.23 bits per heavy atom. The number of pyridine rings is 1. The van der Waals surface area contributed by atoms with Crippen LogP contribution in [0.15, 0.2) is 41.1 Å². The maximum Gasteiger partial charge on any atom is 0.433 e. The van der Waals surface area contributed by atoms with Gasteiger partial charge in [-0.1, -0.05) is 5.16 Å². The molecule has 3 aromatic heterocycles. The Hall–Kier alpha value is -3.69. The molecule has 0 radical (unpaired) electrons. The summed E-state index contributed by atoms with van der Waals surface area (Å²) in [6.45, 7) is 0. The zero-order chi connectivity index (χ0) is 21.8. The Kier molecular flexibility index (Phi) is 4.31. The fourth-order valence-corrected chi connectivity index (χ4v) is 4.05. The number of fused-ring (bicyclic) bond motifs is 3. The molecule has 0 spiro atoms. The van der Waals surface area contributed by atoms with Crippen LogP contribution in [0.1, 0.15) is 35.7 Å². The molecule has 1 atom stereocenters. The lowest BCUT2D eigenvalue weighted by molar-refractivity contribution is -0.141. The van der Waals surface area contributed by atoms with Gasteiger partial charge in [0.2, 0.25) is 5.82 Å². The first-order valence-electron chi connectivity index (χ1n) is 9.53. The topological polar surface area (TPSA) is 105 Å². The van der Waals surface area contributed by atoms with Crippen molar-refractivity contribution in [3.05, 3.63) is 53.5 Å². The van der Waals surface area contributed by atoms with Gasteiger partial charge in [0.15, 0.2) is 0 Å². The summed E-state index contributed by atoms with van der Waals surface area (Å²) in [5.74, 6) is -0.495. The second-order valence-corrected chi connectivity index (χ2v) is 7.46. The van der Waals surface area contributed by atoms with Crippen LogP contribution in [0.4, 0.5) is 13.2 Å². The van der Waals surface area contributed by atoms with Gasteiger partial charge >= 0.3 is 12.1 Å². The number of benzene rings is 1. The van der Waals surface area contributed by atoms with Crippen LogP contribution in [-0.2, 0) is 17.4 Å². The van der Waals surface area contributed by atoms with Crippen molar-refractivity contribution in [2.24, 2.45) is 0 Å². The van der Waals surface area contributed by atoms with Crippen LogP contribution in [0.5, 0.6) is 0 Å². The van der Waals surface area contributed by atoms with E-state index in [-0.39, 0.29) is 23.8 Å². The van der Waals surface area contributed by atoms with Gasteiger partial charge in [-0.15, -0.1) is 0 Å². The fourth-order valence-electron chi connectivity index (χ4n) is 4.05. The van der Waals surface area contributed by atoms with Gasteiger partial charge in [-0.2, -0.15) is 18.2 Å². The summed E-state index contributed by atoms with van der Waals surface area (Å²) in [6.07, 6.45) is -1.83. The van der Waals surface area contributed by atoms with Crippen LogP contribution in [0.2, 0.25) is 0 Å². The number of carboxylic acid groups (broad SMARTS) is 1. The van der Waals surface area contributed by atoms with Crippen molar-refractivity contribution in [1.82, 2.24) is 20.1 Å². The molecule has 1 aromatic carbocycles. The number of nitrogens with one attached hydrogen (secondary N) is 1. The number of hydrogen-bond donors (Lipinski definition) is 2. The van der Waals surface area contributed by atoms with Gasteiger partial charge in [0, 0.05) is 34.3 Å². The Morgan fingerprint density at radius 3 is 2.74 bits per heavy atom. The predicted molar refractivity (Wildman–Crippen MR) is 103 cm³/mol. The number of aromatic amines is 1. The largest absolute Gasteiger partial charge is 0.481 e. The van der Waals surface area contributed by atoms with Crippen LogP contribution in [0.3, 0.4) is 0 Å². The first kappa shape index (κ1) is 19.3. The molecule has 3 heterocycles. The van der Waals surface area contributed by atoms with Crippen LogP contribution < -0.4 is 0 Å². The molecule has 5 rings (SSSR count). The summed E-state index contributed by atoms with van der Waals surface area (Å²) in [6, 6.07) is 7.68. The average molecular weight is 428 g/mol. The number of aliphatic carboxylic acids is 1. The van der Waals surface area contributed by atoms with Crippen molar-refractivity contribution >= 4 is 16.9 Å². The van der Waals surface area contributed by atoms with Gasteiger partial charge in [-0.25, -0.2) is 0 Å². The minimum absolute atomic E-state index is 0.0349. The van der Waals surface area contributed by atoms with Crippen molar-refractivity contribution in [3.8, 4) is 22.8 Å². The minimum atomic E-state index is -4.52. The van der Waals surface area contributed by atoms with E-state index in [9.17, 15) is 18.0 Å². The molecule has 0 saturated carbocycles. The molecule has 7 nitrogen and oxygen atoms in total. The normalized spacial score (nSPS) is 16.0. The highest BCUT2D eigenvalue weighted by Crippen LogP contribution is 2.40. The average Bonchev–Trinajstić information content (AvgIpc) is 3.43. The fraction of sp³-hybridized carbons (Fsp3) is 0.238. The number of halogens is 3. The summed E-state index contributed by atoms with van der Waals surface area (Å²) in [4.78, 5) is 22.1. The first-order chi connectivity index (χ1) is 14.8. The molecular formula is C21H15F3N4O3. The summed E-state index contributed by atoms with van der Waals surface area (Å²) >= 11 is 0. The second kappa shape index (κ2) is 6.93. The standard InChI is InChI=1S/C21H15F3N4O3/c22-21(23,24)16-6-3-12(9-25-16)20-27-19(28-31-20)11-2-5-15-14(7-11)13-4-1-10(8-17(29)30)18(13)26-15/h2-3,5-7,9-10,26H,1,4,8H2,(H,29,30). The van der Waals surface area contributed by atoms with Crippen LogP contribution in [0, 0.1) is 0 Å². The number of aromatic nitrogens is 4. The van der Waals surface area contributed by atoms with E-state index in [1.807, 2.05) is 12.1 Å². The van der Waals surface area contributed by atoms with Crippen molar-refractivity contribution in [2.75, 3.05) is 0 Å². The molecule has 1 aliphatic carbocycles. The highest BCUT2D eigenvalue weighted by Gasteiger charge is 2.32. The first-order valence-corrected chi connectivity index (χ1v) is 9.53. The van der Waals surface area contributed by atoms with E-state index in [1.165, 1.54) is 6.07 Å². The van der Waals surface area contributed by atoms with Crippen LogP contribution in [-0.4, -0.2) is 31.2 Å². The summed E-state index contributed by atoms with van der Waals surface area (Å²) < 4.78 is 43.3. The minimum Gasteiger partial charge on any atom is -0.481 e.